The van der Waals surface area contributed by atoms with E-state index in [0.29, 0.717) is 0 Å². The van der Waals surface area contributed by atoms with Crippen LogP contribution in [-0.4, -0.2) is 17.1 Å². The summed E-state index contributed by atoms with van der Waals surface area (Å²) in [7, 11) is 0. The van der Waals surface area contributed by atoms with E-state index >= 15 is 0 Å². The number of aryl methyl sites for hydroxylation is 1. The van der Waals surface area contributed by atoms with Gasteiger partial charge in [-0.1, -0.05) is 28.1 Å². The van der Waals surface area contributed by atoms with E-state index in [1.165, 1.54) is 11.3 Å². The molecule has 98 valence electrons. The van der Waals surface area contributed by atoms with Crippen LogP contribution in [0.25, 0.3) is 0 Å². The molecule has 6 heteroatoms. The van der Waals surface area contributed by atoms with Crippen LogP contribution in [0.2, 0.25) is 0 Å². The highest BCUT2D eigenvalue weighted by atomic mass is 79.9. The molecule has 1 amide bonds. The molecular formula is C13H12BrN3OS. The van der Waals surface area contributed by atoms with E-state index in [0.717, 1.165) is 20.7 Å². The van der Waals surface area contributed by atoms with E-state index in [1.54, 1.807) is 6.21 Å². The second kappa shape index (κ2) is 6.58. The van der Waals surface area contributed by atoms with Crippen molar-refractivity contribution in [1.29, 1.82) is 0 Å². The molecular weight excluding hydrogens is 326 g/mol. The summed E-state index contributed by atoms with van der Waals surface area (Å²) in [6.45, 7) is 1.91. The fourth-order valence-corrected chi connectivity index (χ4v) is 2.49. The molecule has 0 unspecified atom stereocenters. The second-order valence-electron chi connectivity index (χ2n) is 3.88. The normalized spacial score (nSPS) is 10.8. The van der Waals surface area contributed by atoms with E-state index in [-0.39, 0.29) is 12.3 Å². The summed E-state index contributed by atoms with van der Waals surface area (Å²) >= 11 is 4.91. The first-order valence-electron chi connectivity index (χ1n) is 5.62. The Labute approximate surface area is 123 Å². The highest BCUT2D eigenvalue weighted by Crippen LogP contribution is 2.10. The number of carbonyl (C=O) groups is 1. The second-order valence-corrected chi connectivity index (χ2v) is 5.86. The largest absolute Gasteiger partial charge is 0.273 e. The van der Waals surface area contributed by atoms with Crippen molar-refractivity contribution < 1.29 is 4.79 Å². The number of nitrogens with zero attached hydrogens (tertiary/aromatic N) is 2. The van der Waals surface area contributed by atoms with Gasteiger partial charge >= 0.3 is 0 Å². The molecule has 19 heavy (non-hydrogen) atoms. The van der Waals surface area contributed by atoms with Crippen LogP contribution in [0.15, 0.2) is 39.2 Å². The van der Waals surface area contributed by atoms with E-state index in [2.05, 4.69) is 31.4 Å². The van der Waals surface area contributed by atoms with Crippen molar-refractivity contribution in [2.24, 2.45) is 5.10 Å². The number of thiazole rings is 1. The van der Waals surface area contributed by atoms with Gasteiger partial charge in [-0.15, -0.1) is 11.3 Å². The van der Waals surface area contributed by atoms with Crippen LogP contribution in [0.3, 0.4) is 0 Å². The molecule has 0 atom stereocenters. The van der Waals surface area contributed by atoms with Gasteiger partial charge in [0.1, 0.15) is 0 Å². The molecule has 1 aromatic carbocycles. The summed E-state index contributed by atoms with van der Waals surface area (Å²) < 4.78 is 0.973. The molecule has 0 aliphatic carbocycles. The Balaban J connectivity index is 1.86. The topological polar surface area (TPSA) is 54.4 Å². The summed E-state index contributed by atoms with van der Waals surface area (Å²) in [5, 5.41) is 6.76. The highest BCUT2D eigenvalue weighted by Gasteiger charge is 2.04. The Morgan fingerprint density at radius 3 is 3.11 bits per heavy atom. The minimum atomic E-state index is -0.170. The maximum Gasteiger partial charge on any atom is 0.246 e. The van der Waals surface area contributed by atoms with Crippen molar-refractivity contribution in [3.05, 3.63) is 50.4 Å². The van der Waals surface area contributed by atoms with Gasteiger partial charge in [0.25, 0.3) is 0 Å². The molecule has 0 saturated carbocycles. The molecule has 0 radical (unpaired) electrons. The first kappa shape index (κ1) is 13.9. The molecule has 0 bridgehead atoms. The molecule has 0 aliphatic rings. The van der Waals surface area contributed by atoms with Crippen LogP contribution < -0.4 is 5.43 Å². The van der Waals surface area contributed by atoms with Gasteiger partial charge in [-0.05, 0) is 24.6 Å². The summed E-state index contributed by atoms with van der Waals surface area (Å²) in [5.74, 6) is -0.170. The number of benzene rings is 1. The lowest BCUT2D eigenvalue weighted by atomic mass is 10.2. The lowest BCUT2D eigenvalue weighted by Crippen LogP contribution is -2.19. The summed E-state index contributed by atoms with van der Waals surface area (Å²) in [6, 6.07) is 7.66. The first-order chi connectivity index (χ1) is 9.13. The zero-order valence-corrected chi connectivity index (χ0v) is 12.7. The van der Waals surface area contributed by atoms with E-state index < -0.39 is 0 Å². The van der Waals surface area contributed by atoms with Crippen LogP contribution in [0.5, 0.6) is 0 Å². The zero-order valence-electron chi connectivity index (χ0n) is 10.3. The van der Waals surface area contributed by atoms with Gasteiger partial charge in [-0.3, -0.25) is 4.79 Å². The molecule has 0 saturated heterocycles. The van der Waals surface area contributed by atoms with Gasteiger partial charge < -0.3 is 0 Å². The number of amides is 1. The van der Waals surface area contributed by atoms with Crippen LogP contribution in [0.4, 0.5) is 0 Å². The molecule has 2 rings (SSSR count). The number of halogens is 1. The van der Waals surface area contributed by atoms with E-state index in [9.17, 15) is 4.79 Å². The Morgan fingerprint density at radius 1 is 1.58 bits per heavy atom. The van der Waals surface area contributed by atoms with Crippen molar-refractivity contribution in [2.75, 3.05) is 0 Å². The minimum absolute atomic E-state index is 0.170. The van der Waals surface area contributed by atoms with Gasteiger partial charge in [0, 0.05) is 9.85 Å². The van der Waals surface area contributed by atoms with Gasteiger partial charge in [-0.25, -0.2) is 10.4 Å². The van der Waals surface area contributed by atoms with Crippen molar-refractivity contribution in [2.45, 2.75) is 13.3 Å². The predicted molar refractivity (Wildman–Crippen MR) is 80.4 cm³/mol. The number of carbonyl (C=O) groups excluding carboxylic acids is 1. The van der Waals surface area contributed by atoms with Crippen LogP contribution in [0.1, 0.15) is 16.3 Å². The van der Waals surface area contributed by atoms with Crippen molar-refractivity contribution in [3.8, 4) is 0 Å². The average Bonchev–Trinajstić information content (AvgIpc) is 2.75. The third-order valence-corrected chi connectivity index (χ3v) is 3.58. The summed E-state index contributed by atoms with van der Waals surface area (Å²) in [5.41, 5.74) is 4.18. The molecule has 0 aliphatic heterocycles. The summed E-state index contributed by atoms with van der Waals surface area (Å²) in [6.07, 6.45) is 1.86. The number of hydrogen-bond acceptors (Lipinski definition) is 4. The monoisotopic (exact) mass is 337 g/mol. The Kier molecular flexibility index (Phi) is 4.81. The van der Waals surface area contributed by atoms with Crippen molar-refractivity contribution >= 4 is 39.4 Å². The third-order valence-electron chi connectivity index (χ3n) is 2.26. The molecule has 0 fully saturated rings. The Bertz CT molecular complexity index is 609. The molecule has 4 nitrogen and oxygen atoms in total. The fourth-order valence-electron chi connectivity index (χ4n) is 1.46. The van der Waals surface area contributed by atoms with Gasteiger partial charge in [0.05, 0.1) is 23.3 Å². The number of hydrogen-bond donors (Lipinski definition) is 1. The smallest absolute Gasteiger partial charge is 0.246 e. The number of nitrogens with one attached hydrogen (secondary N) is 1. The molecule has 0 spiro atoms. The number of rotatable bonds is 4. The first-order valence-corrected chi connectivity index (χ1v) is 7.29. The lowest BCUT2D eigenvalue weighted by molar-refractivity contribution is -0.120. The molecule has 1 aromatic heterocycles. The van der Waals surface area contributed by atoms with Crippen molar-refractivity contribution in [1.82, 2.24) is 10.4 Å². The highest BCUT2D eigenvalue weighted by molar-refractivity contribution is 9.10. The third kappa shape index (κ3) is 4.57. The molecule has 1 heterocycles. The van der Waals surface area contributed by atoms with Gasteiger partial charge in [0.2, 0.25) is 5.91 Å². The van der Waals surface area contributed by atoms with E-state index in [4.69, 9.17) is 0 Å². The zero-order chi connectivity index (χ0) is 13.7. The number of hydrazone groups is 1. The Morgan fingerprint density at radius 2 is 2.42 bits per heavy atom. The lowest BCUT2D eigenvalue weighted by Gasteiger charge is -1.97. The van der Waals surface area contributed by atoms with Crippen LogP contribution in [-0.2, 0) is 11.2 Å². The van der Waals surface area contributed by atoms with Gasteiger partial charge in [-0.2, -0.15) is 5.10 Å². The number of aromatic nitrogens is 1. The van der Waals surface area contributed by atoms with E-state index in [1.807, 2.05) is 36.6 Å². The van der Waals surface area contributed by atoms with Crippen molar-refractivity contribution in [3.63, 3.8) is 0 Å². The standard InChI is InChI=1S/C13H12BrN3OS/c1-9-16-12(8-19-9)6-13(18)17-15-7-10-3-2-4-11(14)5-10/h2-5,7-8H,6H2,1H3,(H,17,18)/b15-7-. The van der Waals surface area contributed by atoms with Crippen LogP contribution in [0, 0.1) is 6.92 Å². The minimum Gasteiger partial charge on any atom is -0.273 e. The maximum absolute atomic E-state index is 11.6. The maximum atomic E-state index is 11.6. The van der Waals surface area contributed by atoms with Gasteiger partial charge in [0.15, 0.2) is 0 Å². The van der Waals surface area contributed by atoms with Crippen LogP contribution >= 0.6 is 27.3 Å². The molecule has 1 N–H and O–H groups in total. The molecule has 2 aromatic rings. The summed E-state index contributed by atoms with van der Waals surface area (Å²) in [4.78, 5) is 15.8. The fraction of sp³-hybridized carbons (Fsp3) is 0.154. The Hall–Kier alpha value is -1.53. The quantitative estimate of drug-likeness (QED) is 0.688. The average molecular weight is 338 g/mol. The predicted octanol–water partition coefficient (Wildman–Crippen LogP) is 2.91. The SMILES string of the molecule is Cc1nc(CC(=O)N/N=C\c2cccc(Br)c2)cs1.